The minimum Gasteiger partial charge on any atom is -0.490 e. The molecular formula is C24H28N2O3S. The Labute approximate surface area is 182 Å². The van der Waals surface area contributed by atoms with Crippen LogP contribution in [0.5, 0.6) is 11.5 Å². The van der Waals surface area contributed by atoms with Crippen molar-refractivity contribution in [2.24, 2.45) is 0 Å². The van der Waals surface area contributed by atoms with Gasteiger partial charge in [-0.15, -0.1) is 11.3 Å². The molecule has 3 rings (SSSR count). The molecule has 2 aromatic carbocycles. The first kappa shape index (κ1) is 21.8. The highest BCUT2D eigenvalue weighted by Crippen LogP contribution is 2.26. The number of carbonyl (C=O) groups excluding carboxylic acids is 1. The third-order valence-corrected chi connectivity index (χ3v) is 5.44. The standard InChI is InChI=1S/C24H28N2O3S/c1-3-5-8-18-11-13-19(14-12-18)15-20-16-25-24(30-20)26-23(27)17-29-22-10-7-6-9-21(22)28-4-2/h6-7,9-14,16H,3-5,8,15,17H2,1-2H3,(H,25,26,27). The van der Waals surface area contributed by atoms with Gasteiger partial charge in [-0.05, 0) is 43.0 Å². The maximum atomic E-state index is 12.2. The van der Waals surface area contributed by atoms with E-state index in [1.165, 1.54) is 35.3 Å². The number of amides is 1. The fourth-order valence-electron chi connectivity index (χ4n) is 3.00. The molecule has 0 unspecified atom stereocenters. The maximum absolute atomic E-state index is 12.2. The molecule has 0 spiro atoms. The minimum atomic E-state index is -0.248. The van der Waals surface area contributed by atoms with Crippen LogP contribution in [0.2, 0.25) is 0 Å². The van der Waals surface area contributed by atoms with Gasteiger partial charge in [0, 0.05) is 17.5 Å². The van der Waals surface area contributed by atoms with Gasteiger partial charge in [0.2, 0.25) is 0 Å². The van der Waals surface area contributed by atoms with Gasteiger partial charge in [0.1, 0.15) is 0 Å². The second kappa shape index (κ2) is 11.4. The smallest absolute Gasteiger partial charge is 0.264 e. The number of rotatable bonds is 11. The quantitative estimate of drug-likeness (QED) is 0.442. The Morgan fingerprint density at radius 2 is 1.70 bits per heavy atom. The first-order valence-electron chi connectivity index (χ1n) is 10.3. The number of ether oxygens (including phenoxy) is 2. The highest BCUT2D eigenvalue weighted by molar-refractivity contribution is 7.15. The number of thiazole rings is 1. The molecule has 1 heterocycles. The molecule has 158 valence electrons. The fourth-order valence-corrected chi connectivity index (χ4v) is 3.86. The predicted molar refractivity (Wildman–Crippen MR) is 122 cm³/mol. The number of para-hydroxylation sites is 2. The van der Waals surface area contributed by atoms with Crippen LogP contribution in [-0.2, 0) is 17.6 Å². The van der Waals surface area contributed by atoms with Crippen LogP contribution in [0.15, 0.2) is 54.7 Å². The van der Waals surface area contributed by atoms with Crippen LogP contribution in [0.3, 0.4) is 0 Å². The lowest BCUT2D eigenvalue weighted by molar-refractivity contribution is -0.118. The number of nitrogens with zero attached hydrogens (tertiary/aromatic N) is 1. The molecule has 0 aliphatic heterocycles. The van der Waals surface area contributed by atoms with Crippen LogP contribution in [0.4, 0.5) is 5.13 Å². The molecule has 0 bridgehead atoms. The van der Waals surface area contributed by atoms with Gasteiger partial charge in [-0.3, -0.25) is 10.1 Å². The Kier molecular flexibility index (Phi) is 8.27. The SMILES string of the molecule is CCCCc1ccc(Cc2cnc(NC(=O)COc3ccccc3OCC)s2)cc1. The van der Waals surface area contributed by atoms with Crippen LogP contribution in [0, 0.1) is 0 Å². The first-order valence-corrected chi connectivity index (χ1v) is 11.2. The molecule has 0 atom stereocenters. The molecular weight excluding hydrogens is 396 g/mol. The molecule has 0 saturated carbocycles. The molecule has 1 amide bonds. The first-order chi connectivity index (χ1) is 14.7. The Balaban J connectivity index is 1.49. The number of benzene rings is 2. The average molecular weight is 425 g/mol. The summed E-state index contributed by atoms with van der Waals surface area (Å²) in [4.78, 5) is 17.7. The summed E-state index contributed by atoms with van der Waals surface area (Å²) in [6.45, 7) is 4.55. The summed E-state index contributed by atoms with van der Waals surface area (Å²) < 4.78 is 11.1. The van der Waals surface area contributed by atoms with Crippen molar-refractivity contribution in [3.8, 4) is 11.5 Å². The zero-order chi connectivity index (χ0) is 21.2. The van der Waals surface area contributed by atoms with E-state index in [9.17, 15) is 4.79 Å². The van der Waals surface area contributed by atoms with E-state index in [-0.39, 0.29) is 12.5 Å². The molecule has 0 saturated heterocycles. The molecule has 6 heteroatoms. The van der Waals surface area contributed by atoms with Crippen molar-refractivity contribution in [1.29, 1.82) is 0 Å². The highest BCUT2D eigenvalue weighted by atomic mass is 32.1. The van der Waals surface area contributed by atoms with Crippen LogP contribution in [0.1, 0.15) is 42.7 Å². The van der Waals surface area contributed by atoms with Crippen LogP contribution < -0.4 is 14.8 Å². The lowest BCUT2D eigenvalue weighted by Gasteiger charge is -2.10. The van der Waals surface area contributed by atoms with Crippen LogP contribution >= 0.6 is 11.3 Å². The average Bonchev–Trinajstić information content (AvgIpc) is 3.19. The highest BCUT2D eigenvalue weighted by Gasteiger charge is 2.10. The number of aromatic nitrogens is 1. The molecule has 0 fully saturated rings. The van der Waals surface area contributed by atoms with Gasteiger partial charge in [-0.1, -0.05) is 49.7 Å². The van der Waals surface area contributed by atoms with Gasteiger partial charge in [0.15, 0.2) is 23.2 Å². The van der Waals surface area contributed by atoms with Gasteiger partial charge < -0.3 is 9.47 Å². The number of carbonyl (C=O) groups is 1. The number of anilines is 1. The Morgan fingerprint density at radius 1 is 1.00 bits per heavy atom. The van der Waals surface area contributed by atoms with Crippen molar-refractivity contribution in [2.45, 2.75) is 39.5 Å². The lowest BCUT2D eigenvalue weighted by atomic mass is 10.0. The second-order valence-electron chi connectivity index (χ2n) is 6.95. The van der Waals surface area contributed by atoms with Gasteiger partial charge in [0.05, 0.1) is 6.61 Å². The summed E-state index contributed by atoms with van der Waals surface area (Å²) >= 11 is 1.48. The Hall–Kier alpha value is -2.86. The topological polar surface area (TPSA) is 60.5 Å². The van der Waals surface area contributed by atoms with Crippen molar-refractivity contribution in [3.05, 3.63) is 70.7 Å². The number of hydrogen-bond donors (Lipinski definition) is 1. The van der Waals surface area contributed by atoms with Crippen LogP contribution in [0.25, 0.3) is 0 Å². The maximum Gasteiger partial charge on any atom is 0.264 e. The van der Waals surface area contributed by atoms with Crippen molar-refractivity contribution in [3.63, 3.8) is 0 Å². The van der Waals surface area contributed by atoms with E-state index in [4.69, 9.17) is 9.47 Å². The summed E-state index contributed by atoms with van der Waals surface area (Å²) in [6.07, 6.45) is 6.18. The van der Waals surface area contributed by atoms with Crippen molar-refractivity contribution in [1.82, 2.24) is 4.98 Å². The summed E-state index contributed by atoms with van der Waals surface area (Å²) in [5.41, 5.74) is 2.62. The van der Waals surface area contributed by atoms with E-state index in [0.717, 1.165) is 17.7 Å². The molecule has 3 aromatic rings. The third kappa shape index (κ3) is 6.59. The van der Waals surface area contributed by atoms with Crippen LogP contribution in [-0.4, -0.2) is 24.1 Å². The molecule has 0 aliphatic carbocycles. The summed E-state index contributed by atoms with van der Waals surface area (Å²) in [5, 5.41) is 3.38. The third-order valence-electron chi connectivity index (χ3n) is 4.53. The largest absolute Gasteiger partial charge is 0.490 e. The van der Waals surface area contributed by atoms with E-state index < -0.39 is 0 Å². The molecule has 1 N–H and O–H groups in total. The number of nitrogens with one attached hydrogen (secondary N) is 1. The predicted octanol–water partition coefficient (Wildman–Crippen LogP) is 5.49. The van der Waals surface area contributed by atoms with Gasteiger partial charge >= 0.3 is 0 Å². The Bertz CT molecular complexity index is 938. The zero-order valence-electron chi connectivity index (χ0n) is 17.5. The summed E-state index contributed by atoms with van der Waals surface area (Å²) in [5.74, 6) is 0.934. The monoisotopic (exact) mass is 424 g/mol. The minimum absolute atomic E-state index is 0.0990. The molecule has 1 aromatic heterocycles. The van der Waals surface area contributed by atoms with E-state index in [1.807, 2.05) is 31.3 Å². The summed E-state index contributed by atoms with van der Waals surface area (Å²) in [6, 6.07) is 16.1. The number of hydrogen-bond acceptors (Lipinski definition) is 5. The van der Waals surface area contributed by atoms with E-state index in [2.05, 4.69) is 41.5 Å². The fraction of sp³-hybridized carbons (Fsp3) is 0.333. The van der Waals surface area contributed by atoms with Gasteiger partial charge in [0.25, 0.3) is 5.91 Å². The van der Waals surface area contributed by atoms with E-state index in [0.29, 0.717) is 23.2 Å². The number of unbranched alkanes of at least 4 members (excludes halogenated alkanes) is 1. The lowest BCUT2D eigenvalue weighted by Crippen LogP contribution is -2.20. The van der Waals surface area contributed by atoms with E-state index >= 15 is 0 Å². The second-order valence-corrected chi connectivity index (χ2v) is 8.06. The molecule has 0 aliphatic rings. The molecule has 30 heavy (non-hydrogen) atoms. The van der Waals surface area contributed by atoms with Gasteiger partial charge in [-0.2, -0.15) is 0 Å². The van der Waals surface area contributed by atoms with Gasteiger partial charge in [-0.25, -0.2) is 4.98 Å². The van der Waals surface area contributed by atoms with Crippen molar-refractivity contribution < 1.29 is 14.3 Å². The summed E-state index contributed by atoms with van der Waals surface area (Å²) in [7, 11) is 0. The Morgan fingerprint density at radius 3 is 2.40 bits per heavy atom. The van der Waals surface area contributed by atoms with E-state index in [1.54, 1.807) is 6.07 Å². The molecule has 0 radical (unpaired) electrons. The van der Waals surface area contributed by atoms with Crippen molar-refractivity contribution in [2.75, 3.05) is 18.5 Å². The zero-order valence-corrected chi connectivity index (χ0v) is 18.3. The number of aryl methyl sites for hydroxylation is 1. The van der Waals surface area contributed by atoms with Crippen molar-refractivity contribution >= 4 is 22.4 Å². The normalized spacial score (nSPS) is 10.6. The molecule has 5 nitrogen and oxygen atoms in total.